The van der Waals surface area contributed by atoms with Gasteiger partial charge in [-0.3, -0.25) is 19.7 Å². The second-order valence-electron chi connectivity index (χ2n) is 9.91. The summed E-state index contributed by atoms with van der Waals surface area (Å²) in [5, 5.41) is 13.9. The highest BCUT2D eigenvalue weighted by molar-refractivity contribution is 5.97. The molecule has 1 heterocycles. The number of hydrogen-bond donors (Lipinski definition) is 2. The topological polar surface area (TPSA) is 128 Å². The minimum atomic E-state index is -0.458. The Balaban J connectivity index is 1.30. The molecule has 1 atom stereocenters. The molecule has 1 fully saturated rings. The van der Waals surface area contributed by atoms with Gasteiger partial charge in [0.1, 0.15) is 12.4 Å². The van der Waals surface area contributed by atoms with E-state index in [0.717, 1.165) is 28.0 Å². The van der Waals surface area contributed by atoms with Gasteiger partial charge in [-0.25, -0.2) is 0 Å². The molecule has 9 heteroatoms. The summed E-state index contributed by atoms with van der Waals surface area (Å²) in [4.78, 5) is 37.4. The van der Waals surface area contributed by atoms with Gasteiger partial charge in [0.05, 0.1) is 23.2 Å². The molecule has 0 bridgehead atoms. The lowest BCUT2D eigenvalue weighted by molar-refractivity contribution is -0.384. The fourth-order valence-corrected chi connectivity index (χ4v) is 4.99. The van der Waals surface area contributed by atoms with Crippen LogP contribution in [0.15, 0.2) is 108 Å². The fraction of sp³-hybridized carbons (Fsp3) is 0.188. The number of non-ortho nitro benzene ring substituents is 1. The van der Waals surface area contributed by atoms with Gasteiger partial charge in [-0.15, -0.1) is 0 Å². The van der Waals surface area contributed by atoms with Crippen molar-refractivity contribution in [3.05, 3.63) is 135 Å². The molecule has 0 radical (unpaired) electrons. The summed E-state index contributed by atoms with van der Waals surface area (Å²) in [6.45, 7) is 3.65. The number of allylic oxidation sites excluding steroid dienone is 2. The van der Waals surface area contributed by atoms with Crippen molar-refractivity contribution in [2.75, 3.05) is 13.2 Å². The van der Waals surface area contributed by atoms with E-state index in [1.54, 1.807) is 30.3 Å². The Morgan fingerprint density at radius 3 is 2.49 bits per heavy atom. The average Bonchev–Trinajstić information content (AvgIpc) is 3.21. The van der Waals surface area contributed by atoms with Crippen LogP contribution in [0, 0.1) is 10.1 Å². The Kier molecular flexibility index (Phi) is 7.96. The number of amides is 2. The Morgan fingerprint density at radius 2 is 1.78 bits per heavy atom. The number of primary amides is 1. The largest absolute Gasteiger partial charge is 0.490 e. The van der Waals surface area contributed by atoms with Gasteiger partial charge in [0.15, 0.2) is 0 Å². The zero-order valence-corrected chi connectivity index (χ0v) is 22.6. The summed E-state index contributed by atoms with van der Waals surface area (Å²) in [6.07, 6.45) is 6.26. The highest BCUT2D eigenvalue weighted by atomic mass is 16.6. The number of carbonyl (C=O) groups excluding carboxylic acids is 2. The molecule has 2 aliphatic rings. The second-order valence-corrected chi connectivity index (χ2v) is 9.91. The van der Waals surface area contributed by atoms with Gasteiger partial charge in [0, 0.05) is 29.8 Å². The molecule has 0 spiro atoms. The molecular formula is C32H30N4O5. The Morgan fingerprint density at radius 1 is 1.05 bits per heavy atom. The van der Waals surface area contributed by atoms with E-state index in [-0.39, 0.29) is 17.6 Å². The van der Waals surface area contributed by atoms with Crippen molar-refractivity contribution < 1.29 is 19.2 Å². The van der Waals surface area contributed by atoms with Crippen LogP contribution in [0.5, 0.6) is 0 Å². The first-order valence-corrected chi connectivity index (χ1v) is 13.3. The number of nitro benzene ring substituents is 1. The van der Waals surface area contributed by atoms with Crippen molar-refractivity contribution in [2.45, 2.75) is 25.9 Å². The minimum absolute atomic E-state index is 0.00436. The third-order valence-electron chi connectivity index (χ3n) is 7.22. The molecule has 0 unspecified atom stereocenters. The van der Waals surface area contributed by atoms with Gasteiger partial charge < -0.3 is 20.7 Å². The maximum Gasteiger partial charge on any atom is 0.269 e. The lowest BCUT2D eigenvalue weighted by atomic mass is 9.98. The highest BCUT2D eigenvalue weighted by Crippen LogP contribution is 2.31. The van der Waals surface area contributed by atoms with Crippen molar-refractivity contribution in [3.63, 3.8) is 0 Å². The summed E-state index contributed by atoms with van der Waals surface area (Å²) in [7, 11) is 0. The van der Waals surface area contributed by atoms with E-state index in [9.17, 15) is 19.7 Å². The van der Waals surface area contributed by atoms with Crippen LogP contribution in [0.4, 0.5) is 5.69 Å². The van der Waals surface area contributed by atoms with Crippen molar-refractivity contribution in [1.29, 1.82) is 0 Å². The highest BCUT2D eigenvalue weighted by Gasteiger charge is 2.25. The number of nitrogens with one attached hydrogen (secondary N) is 1. The van der Waals surface area contributed by atoms with E-state index in [1.165, 1.54) is 12.1 Å². The van der Waals surface area contributed by atoms with E-state index >= 15 is 0 Å². The summed E-state index contributed by atoms with van der Waals surface area (Å²) < 4.78 is 6.01. The third-order valence-corrected chi connectivity index (χ3v) is 7.22. The molecule has 0 aromatic heterocycles. The zero-order valence-electron chi connectivity index (χ0n) is 22.6. The number of benzene rings is 3. The number of nitrogens with zero attached hydrogens (tertiary/aromatic N) is 2. The number of fused-ring (bicyclic) bond motifs is 1. The number of ether oxygens (including phenoxy) is 1. The molecule has 3 aromatic rings. The first-order chi connectivity index (χ1) is 19.8. The van der Waals surface area contributed by atoms with Gasteiger partial charge >= 0.3 is 0 Å². The summed E-state index contributed by atoms with van der Waals surface area (Å²) in [5.41, 5.74) is 11.2. The standard InChI is InChI=1S/C32H30N4O5/c1-21(22-13-15-27(16-14-22)36(39)40)34-32(38)25-6-4-8-29-30(19-25)41-18-17-35(29)20-26-5-2-3-7-28(26)23-9-11-24(12-10-23)31(33)37/h2-3,5-16,19,21H,4,17-18,20H2,1H3,(H2,33,37)(H,34,38)/t21-/m0/s1. The van der Waals surface area contributed by atoms with Gasteiger partial charge in [-0.05, 0) is 53.8 Å². The quantitative estimate of drug-likeness (QED) is 0.294. The lowest BCUT2D eigenvalue weighted by Gasteiger charge is -2.34. The van der Waals surface area contributed by atoms with Crippen molar-refractivity contribution in [2.24, 2.45) is 5.73 Å². The van der Waals surface area contributed by atoms with Crippen LogP contribution in [0.2, 0.25) is 0 Å². The van der Waals surface area contributed by atoms with Crippen molar-refractivity contribution in [1.82, 2.24) is 10.2 Å². The number of morpholine rings is 1. The molecule has 1 saturated heterocycles. The smallest absolute Gasteiger partial charge is 0.269 e. The fourth-order valence-electron chi connectivity index (χ4n) is 4.99. The second kappa shape index (κ2) is 11.9. The van der Waals surface area contributed by atoms with Crippen LogP contribution >= 0.6 is 0 Å². The molecule has 41 heavy (non-hydrogen) atoms. The molecule has 2 amide bonds. The number of hydrogen-bond acceptors (Lipinski definition) is 6. The molecule has 208 valence electrons. The minimum Gasteiger partial charge on any atom is -0.490 e. The third kappa shape index (κ3) is 6.19. The predicted molar refractivity (Wildman–Crippen MR) is 155 cm³/mol. The van der Waals surface area contributed by atoms with Crippen LogP contribution in [-0.4, -0.2) is 34.8 Å². The van der Waals surface area contributed by atoms with Gasteiger partial charge in [0.25, 0.3) is 11.6 Å². The molecular weight excluding hydrogens is 520 g/mol. The van der Waals surface area contributed by atoms with E-state index < -0.39 is 10.8 Å². The molecule has 9 nitrogen and oxygen atoms in total. The van der Waals surface area contributed by atoms with E-state index in [2.05, 4.69) is 28.4 Å². The van der Waals surface area contributed by atoms with Crippen molar-refractivity contribution in [3.8, 4) is 11.1 Å². The molecule has 0 saturated carbocycles. The Labute approximate surface area is 237 Å². The van der Waals surface area contributed by atoms with Crippen molar-refractivity contribution >= 4 is 17.5 Å². The molecule has 1 aliphatic heterocycles. The molecule has 3 N–H and O–H groups in total. The predicted octanol–water partition coefficient (Wildman–Crippen LogP) is 5.17. The average molecular weight is 551 g/mol. The van der Waals surface area contributed by atoms with Crippen LogP contribution in [0.3, 0.4) is 0 Å². The number of nitrogens with two attached hydrogens (primary N) is 1. The monoisotopic (exact) mass is 550 g/mol. The number of nitro groups is 1. The zero-order chi connectivity index (χ0) is 28.9. The SMILES string of the molecule is C[C@H](NC(=O)C1=CCC=C2C(=C1)OCCN2Cc1ccccc1-c1ccc(C(N)=O)cc1)c1ccc([N+](=O)[O-])cc1. The summed E-state index contributed by atoms with van der Waals surface area (Å²) in [5.74, 6) is -0.0647. The van der Waals surface area contributed by atoms with Crippen LogP contribution < -0.4 is 11.1 Å². The van der Waals surface area contributed by atoms with Gasteiger partial charge in [-0.1, -0.05) is 60.7 Å². The van der Waals surface area contributed by atoms with Crippen LogP contribution in [0.25, 0.3) is 11.1 Å². The van der Waals surface area contributed by atoms with E-state index in [1.807, 2.05) is 37.3 Å². The summed E-state index contributed by atoms with van der Waals surface area (Å²) in [6, 6.07) is 21.2. The van der Waals surface area contributed by atoms with Crippen LogP contribution in [0.1, 0.15) is 40.9 Å². The van der Waals surface area contributed by atoms with Gasteiger partial charge in [-0.2, -0.15) is 0 Å². The number of carbonyl (C=O) groups is 2. The normalized spacial score (nSPS) is 15.2. The maximum atomic E-state index is 13.2. The molecule has 1 aliphatic carbocycles. The van der Waals surface area contributed by atoms with Gasteiger partial charge in [0.2, 0.25) is 5.91 Å². The Hall–Kier alpha value is -5.18. The summed E-state index contributed by atoms with van der Waals surface area (Å²) >= 11 is 0. The molecule has 5 rings (SSSR count). The maximum absolute atomic E-state index is 13.2. The number of rotatable bonds is 8. The lowest BCUT2D eigenvalue weighted by Crippen LogP contribution is -2.33. The first kappa shape index (κ1) is 27.4. The first-order valence-electron chi connectivity index (χ1n) is 13.3. The van der Waals surface area contributed by atoms with E-state index in [0.29, 0.717) is 43.0 Å². The van der Waals surface area contributed by atoms with Crippen LogP contribution in [-0.2, 0) is 16.1 Å². The van der Waals surface area contributed by atoms with E-state index in [4.69, 9.17) is 10.5 Å². The Bertz CT molecular complexity index is 1570. The molecule has 3 aromatic carbocycles.